The average Bonchev–Trinajstić information content (AvgIpc) is 2.02. The predicted octanol–water partition coefficient (Wildman–Crippen LogP) is 0.301. The van der Waals surface area contributed by atoms with Gasteiger partial charge < -0.3 is 4.18 Å². The highest BCUT2D eigenvalue weighted by molar-refractivity contribution is 7.88. The van der Waals surface area contributed by atoms with Crippen molar-refractivity contribution < 1.29 is 17.4 Å². The lowest BCUT2D eigenvalue weighted by Crippen LogP contribution is -2.18. The Morgan fingerprint density at radius 3 is 2.79 bits per heavy atom. The zero-order valence-electron chi connectivity index (χ0n) is 7.30. The van der Waals surface area contributed by atoms with E-state index in [2.05, 4.69) is 9.17 Å². The smallest absolute Gasteiger partial charge is 0.330 e. The molecule has 0 amide bonds. The Morgan fingerprint density at radius 2 is 2.29 bits per heavy atom. The SMILES string of the molecule is CC(=O)OS(=O)(=O)Nc1cccnc1. The van der Waals surface area contributed by atoms with E-state index < -0.39 is 16.3 Å². The first-order valence-corrected chi connectivity index (χ1v) is 5.03. The van der Waals surface area contributed by atoms with Gasteiger partial charge in [-0.05, 0) is 12.1 Å². The van der Waals surface area contributed by atoms with Crippen LogP contribution in [0, 0.1) is 0 Å². The summed E-state index contributed by atoms with van der Waals surface area (Å²) in [6.45, 7) is 1.00. The molecule has 0 aliphatic heterocycles. The number of nitrogens with one attached hydrogen (secondary N) is 1. The van der Waals surface area contributed by atoms with Gasteiger partial charge in [-0.2, -0.15) is 8.42 Å². The number of aromatic nitrogens is 1. The van der Waals surface area contributed by atoms with Gasteiger partial charge in [0.05, 0.1) is 11.9 Å². The van der Waals surface area contributed by atoms with Crippen molar-refractivity contribution in [2.24, 2.45) is 0 Å². The molecule has 0 bridgehead atoms. The third-order valence-corrected chi connectivity index (χ3v) is 2.07. The van der Waals surface area contributed by atoms with Gasteiger partial charge in [0, 0.05) is 13.1 Å². The van der Waals surface area contributed by atoms with E-state index >= 15 is 0 Å². The van der Waals surface area contributed by atoms with Crippen molar-refractivity contribution in [3.05, 3.63) is 24.5 Å². The highest BCUT2D eigenvalue weighted by Crippen LogP contribution is 2.06. The molecule has 76 valence electrons. The molecule has 1 N–H and O–H groups in total. The second-order valence-electron chi connectivity index (χ2n) is 2.37. The van der Waals surface area contributed by atoms with Crippen LogP contribution in [0.2, 0.25) is 0 Å². The molecule has 0 spiro atoms. The molecule has 0 aromatic carbocycles. The fourth-order valence-corrected chi connectivity index (χ4v) is 1.50. The summed E-state index contributed by atoms with van der Waals surface area (Å²) in [7, 11) is -4.07. The molecule has 1 aromatic rings. The molecule has 0 atom stereocenters. The molecule has 0 aliphatic carbocycles. The van der Waals surface area contributed by atoms with Crippen molar-refractivity contribution >= 4 is 22.0 Å². The Bertz CT molecular complexity index is 415. The third kappa shape index (κ3) is 3.40. The molecule has 1 aromatic heterocycles. The number of carbonyl (C=O) groups is 1. The Morgan fingerprint density at radius 1 is 1.57 bits per heavy atom. The van der Waals surface area contributed by atoms with Crippen molar-refractivity contribution in [1.29, 1.82) is 0 Å². The van der Waals surface area contributed by atoms with Crippen molar-refractivity contribution in [3.63, 3.8) is 0 Å². The summed E-state index contributed by atoms with van der Waals surface area (Å²) in [5.74, 6) is -0.901. The van der Waals surface area contributed by atoms with E-state index in [1.807, 2.05) is 4.72 Å². The normalized spacial score (nSPS) is 10.6. The van der Waals surface area contributed by atoms with Crippen molar-refractivity contribution in [3.8, 4) is 0 Å². The number of carbonyl (C=O) groups excluding carboxylic acids is 1. The van der Waals surface area contributed by atoms with Gasteiger partial charge in [-0.3, -0.25) is 9.78 Å². The van der Waals surface area contributed by atoms with E-state index in [0.29, 0.717) is 0 Å². The van der Waals surface area contributed by atoms with Crippen molar-refractivity contribution in [2.75, 3.05) is 4.72 Å². The molecule has 1 heterocycles. The summed E-state index contributed by atoms with van der Waals surface area (Å²) < 4.78 is 28.1. The quantitative estimate of drug-likeness (QED) is 0.785. The predicted molar refractivity (Wildman–Crippen MR) is 48.5 cm³/mol. The molecule has 0 radical (unpaired) electrons. The van der Waals surface area contributed by atoms with E-state index in [-0.39, 0.29) is 5.69 Å². The Hall–Kier alpha value is -1.63. The van der Waals surface area contributed by atoms with Crippen LogP contribution in [0.4, 0.5) is 5.69 Å². The molecular weight excluding hydrogens is 208 g/mol. The first-order valence-electron chi connectivity index (χ1n) is 3.62. The van der Waals surface area contributed by atoms with Crippen LogP contribution >= 0.6 is 0 Å². The number of nitrogens with zero attached hydrogens (tertiary/aromatic N) is 1. The van der Waals surface area contributed by atoms with Crippen LogP contribution in [0.25, 0.3) is 0 Å². The highest BCUT2D eigenvalue weighted by atomic mass is 32.2. The summed E-state index contributed by atoms with van der Waals surface area (Å²) in [4.78, 5) is 14.1. The number of hydrogen-bond donors (Lipinski definition) is 1. The first-order chi connectivity index (χ1) is 6.49. The summed E-state index contributed by atoms with van der Waals surface area (Å²) in [5.41, 5.74) is 0.230. The van der Waals surface area contributed by atoms with Gasteiger partial charge in [0.1, 0.15) is 0 Å². The lowest BCUT2D eigenvalue weighted by atomic mass is 10.4. The fourth-order valence-electron chi connectivity index (χ4n) is 0.743. The van der Waals surface area contributed by atoms with Crippen molar-refractivity contribution in [2.45, 2.75) is 6.92 Å². The van der Waals surface area contributed by atoms with Gasteiger partial charge in [0.25, 0.3) is 0 Å². The number of rotatable bonds is 3. The Balaban J connectivity index is 2.74. The van der Waals surface area contributed by atoms with E-state index in [0.717, 1.165) is 6.92 Å². The molecule has 1 rings (SSSR count). The lowest BCUT2D eigenvalue weighted by molar-refractivity contribution is -0.131. The summed E-state index contributed by atoms with van der Waals surface area (Å²) in [5, 5.41) is 0. The van der Waals surface area contributed by atoms with Crippen molar-refractivity contribution in [1.82, 2.24) is 4.98 Å². The molecule has 0 aliphatic rings. The minimum atomic E-state index is -4.07. The molecule has 0 saturated carbocycles. The number of hydrogen-bond acceptors (Lipinski definition) is 5. The van der Waals surface area contributed by atoms with Crippen LogP contribution < -0.4 is 4.72 Å². The summed E-state index contributed by atoms with van der Waals surface area (Å²) in [6, 6.07) is 3.03. The molecule has 6 nitrogen and oxygen atoms in total. The minimum absolute atomic E-state index is 0.230. The monoisotopic (exact) mass is 216 g/mol. The summed E-state index contributed by atoms with van der Waals surface area (Å²) in [6.07, 6.45) is 2.78. The first kappa shape index (κ1) is 10.5. The van der Waals surface area contributed by atoms with Gasteiger partial charge in [0.2, 0.25) is 0 Å². The highest BCUT2D eigenvalue weighted by Gasteiger charge is 2.13. The largest absolute Gasteiger partial charge is 0.410 e. The maximum Gasteiger partial charge on any atom is 0.410 e. The van der Waals surface area contributed by atoms with Crippen LogP contribution in [-0.4, -0.2) is 19.4 Å². The molecule has 14 heavy (non-hydrogen) atoms. The second kappa shape index (κ2) is 4.05. The molecule has 0 fully saturated rings. The Labute approximate surface area is 81.2 Å². The second-order valence-corrected chi connectivity index (χ2v) is 3.65. The van der Waals surface area contributed by atoms with Crippen LogP contribution in [0.15, 0.2) is 24.5 Å². The standard InChI is InChI=1S/C7H8N2O4S/c1-6(10)13-14(11,12)9-7-3-2-4-8-5-7/h2-5,9H,1H3. The van der Waals surface area contributed by atoms with Crippen LogP contribution in [-0.2, 0) is 19.3 Å². The van der Waals surface area contributed by atoms with Gasteiger partial charge in [-0.15, -0.1) is 0 Å². The molecule has 0 saturated heterocycles. The maximum absolute atomic E-state index is 11.0. The number of pyridine rings is 1. The van der Waals surface area contributed by atoms with Gasteiger partial charge in [-0.25, -0.2) is 4.72 Å². The molecule has 0 unspecified atom stereocenters. The van der Waals surface area contributed by atoms with E-state index in [1.165, 1.54) is 18.5 Å². The van der Waals surface area contributed by atoms with E-state index in [4.69, 9.17) is 0 Å². The summed E-state index contributed by atoms with van der Waals surface area (Å²) >= 11 is 0. The average molecular weight is 216 g/mol. The van der Waals surface area contributed by atoms with E-state index in [1.54, 1.807) is 6.07 Å². The number of anilines is 1. The van der Waals surface area contributed by atoms with Crippen LogP contribution in [0.1, 0.15) is 6.92 Å². The Kier molecular flexibility index (Phi) is 3.03. The van der Waals surface area contributed by atoms with Crippen LogP contribution in [0.3, 0.4) is 0 Å². The molecule has 7 heteroatoms. The van der Waals surface area contributed by atoms with Gasteiger partial charge >= 0.3 is 16.3 Å². The third-order valence-electron chi connectivity index (χ3n) is 1.13. The zero-order valence-corrected chi connectivity index (χ0v) is 8.11. The zero-order chi connectivity index (χ0) is 10.6. The van der Waals surface area contributed by atoms with E-state index in [9.17, 15) is 13.2 Å². The maximum atomic E-state index is 11.0. The van der Waals surface area contributed by atoms with Gasteiger partial charge in [-0.1, -0.05) is 0 Å². The topological polar surface area (TPSA) is 85.4 Å². The van der Waals surface area contributed by atoms with Crippen LogP contribution in [0.5, 0.6) is 0 Å². The fraction of sp³-hybridized carbons (Fsp3) is 0.143. The molecular formula is C7H8N2O4S. The lowest BCUT2D eigenvalue weighted by Gasteiger charge is -2.04. The van der Waals surface area contributed by atoms with Gasteiger partial charge in [0.15, 0.2) is 0 Å². The minimum Gasteiger partial charge on any atom is -0.330 e.